The molecule has 0 saturated carbocycles. The van der Waals surface area contributed by atoms with E-state index in [0.717, 1.165) is 5.75 Å². The summed E-state index contributed by atoms with van der Waals surface area (Å²) in [4.78, 5) is 16.9. The van der Waals surface area contributed by atoms with Gasteiger partial charge < -0.3 is 24.5 Å². The van der Waals surface area contributed by atoms with Crippen LogP contribution in [-0.4, -0.2) is 18.9 Å². The second-order valence-electron chi connectivity index (χ2n) is 5.71. The van der Waals surface area contributed by atoms with Crippen molar-refractivity contribution < 1.29 is 23.5 Å². The highest BCUT2D eigenvalue weighted by Gasteiger charge is 2.15. The maximum atomic E-state index is 12.1. The maximum absolute atomic E-state index is 12.1. The summed E-state index contributed by atoms with van der Waals surface area (Å²) in [7, 11) is 1.58. The van der Waals surface area contributed by atoms with Crippen LogP contribution in [0.2, 0.25) is 10.0 Å². The Morgan fingerprint density at radius 2 is 1.79 bits per heavy atom. The molecule has 2 N–H and O–H groups in total. The average molecular weight is 435 g/mol. The second-order valence-corrected chi connectivity index (χ2v) is 6.55. The first kappa shape index (κ1) is 20.6. The number of hydrogen-bond donors (Lipinski definition) is 1. The van der Waals surface area contributed by atoms with Crippen LogP contribution in [0.25, 0.3) is 0 Å². The predicted octanol–water partition coefficient (Wildman–Crippen LogP) is 4.65. The molecule has 1 aromatic heterocycles. The average Bonchev–Trinajstić information content (AvgIpc) is 3.20. The molecule has 1 heterocycles. The molecule has 150 valence electrons. The highest BCUT2D eigenvalue weighted by molar-refractivity contribution is 6.36. The summed E-state index contributed by atoms with van der Waals surface area (Å²) < 4.78 is 16.1. The molecule has 0 amide bonds. The third-order valence-electron chi connectivity index (χ3n) is 3.74. The van der Waals surface area contributed by atoms with Crippen LogP contribution in [0.5, 0.6) is 11.5 Å². The smallest absolute Gasteiger partial charge is 0.400 e. The fourth-order valence-corrected chi connectivity index (χ4v) is 2.78. The zero-order valence-corrected chi connectivity index (χ0v) is 16.7. The molecule has 0 unspecified atom stereocenters. The van der Waals surface area contributed by atoms with Crippen LogP contribution in [-0.2, 0) is 11.4 Å². The Morgan fingerprint density at radius 3 is 2.48 bits per heavy atom. The van der Waals surface area contributed by atoms with E-state index in [4.69, 9.17) is 47.7 Å². The lowest BCUT2D eigenvalue weighted by molar-refractivity contribution is 0.0475. The number of nitrogens with zero attached hydrogens (tertiary/aromatic N) is 1. The van der Waals surface area contributed by atoms with Crippen molar-refractivity contribution in [3.8, 4) is 11.5 Å². The molecule has 0 radical (unpaired) electrons. The van der Waals surface area contributed by atoms with Crippen molar-refractivity contribution in [1.29, 1.82) is 0 Å². The number of ether oxygens (including phenoxy) is 2. The Labute approximate surface area is 176 Å². The molecular weight excluding hydrogens is 419 g/mol. The number of rotatable bonds is 7. The van der Waals surface area contributed by atoms with Gasteiger partial charge in [-0.25, -0.2) is 4.79 Å². The van der Waals surface area contributed by atoms with Crippen LogP contribution in [0.3, 0.4) is 0 Å². The van der Waals surface area contributed by atoms with E-state index in [0.29, 0.717) is 22.1 Å². The fraction of sp³-hybridized carbons (Fsp3) is 0.100. The molecule has 0 aliphatic heterocycles. The zero-order chi connectivity index (χ0) is 20.8. The first-order chi connectivity index (χ1) is 14.0. The summed E-state index contributed by atoms with van der Waals surface area (Å²) in [5.41, 5.74) is 6.18. The number of halogens is 2. The summed E-state index contributed by atoms with van der Waals surface area (Å²) in [6.07, 6.45) is 0. The molecule has 0 atom stereocenters. The Bertz CT molecular complexity index is 1030. The molecule has 0 fully saturated rings. The van der Waals surface area contributed by atoms with Crippen molar-refractivity contribution in [3.05, 3.63) is 81.7 Å². The third-order valence-corrected chi connectivity index (χ3v) is 4.29. The number of nitrogens with two attached hydrogens (primary N) is 1. The molecule has 0 bridgehead atoms. The van der Waals surface area contributed by atoms with Gasteiger partial charge in [0.15, 0.2) is 5.84 Å². The van der Waals surface area contributed by atoms with Crippen LogP contribution < -0.4 is 15.2 Å². The van der Waals surface area contributed by atoms with Crippen LogP contribution >= 0.6 is 23.2 Å². The van der Waals surface area contributed by atoms with E-state index >= 15 is 0 Å². The van der Waals surface area contributed by atoms with E-state index in [1.165, 1.54) is 12.1 Å². The third kappa shape index (κ3) is 5.43. The fourth-order valence-electron chi connectivity index (χ4n) is 2.27. The van der Waals surface area contributed by atoms with Crippen molar-refractivity contribution >= 4 is 35.0 Å². The van der Waals surface area contributed by atoms with Gasteiger partial charge in [0, 0.05) is 10.6 Å². The van der Waals surface area contributed by atoms with Crippen LogP contribution in [0.4, 0.5) is 0 Å². The Morgan fingerprint density at radius 1 is 1.07 bits per heavy atom. The van der Waals surface area contributed by atoms with Crippen molar-refractivity contribution in [2.45, 2.75) is 6.61 Å². The van der Waals surface area contributed by atoms with E-state index in [1.54, 1.807) is 49.6 Å². The number of methoxy groups -OCH3 is 1. The minimum Gasteiger partial charge on any atom is -0.497 e. The number of carbonyl (C=O) groups is 1. The van der Waals surface area contributed by atoms with Gasteiger partial charge in [-0.15, -0.1) is 0 Å². The van der Waals surface area contributed by atoms with Crippen molar-refractivity contribution in [1.82, 2.24) is 0 Å². The van der Waals surface area contributed by atoms with Gasteiger partial charge in [0.25, 0.3) is 0 Å². The van der Waals surface area contributed by atoms with Crippen molar-refractivity contribution in [3.63, 3.8) is 0 Å². The standard InChI is InChI=1S/C20H16Cl2N2O5/c1-26-13-3-5-14(6-4-13)27-11-15-7-9-18(28-15)20(25)29-24-19(23)16-8-2-12(21)10-17(16)22/h2-10H,11H2,1H3,(H2,23,24). The van der Waals surface area contributed by atoms with Crippen LogP contribution in [0.15, 0.2) is 64.2 Å². The van der Waals surface area contributed by atoms with Gasteiger partial charge in [0.2, 0.25) is 5.76 Å². The van der Waals surface area contributed by atoms with Crippen molar-refractivity contribution in [2.75, 3.05) is 7.11 Å². The van der Waals surface area contributed by atoms with Gasteiger partial charge in [0.1, 0.15) is 23.9 Å². The number of carbonyl (C=O) groups excluding carboxylic acids is 1. The normalized spacial score (nSPS) is 11.2. The molecule has 7 nitrogen and oxygen atoms in total. The van der Waals surface area contributed by atoms with Gasteiger partial charge in [-0.1, -0.05) is 28.4 Å². The van der Waals surface area contributed by atoms with Gasteiger partial charge >= 0.3 is 5.97 Å². The second kappa shape index (κ2) is 9.36. The summed E-state index contributed by atoms with van der Waals surface area (Å²) in [6, 6.07) is 14.8. The van der Waals surface area contributed by atoms with E-state index in [1.807, 2.05) is 0 Å². The summed E-state index contributed by atoms with van der Waals surface area (Å²) in [5, 5.41) is 4.33. The zero-order valence-electron chi connectivity index (χ0n) is 15.2. The Kier molecular flexibility index (Phi) is 6.64. The van der Waals surface area contributed by atoms with Crippen molar-refractivity contribution in [2.24, 2.45) is 10.9 Å². The lowest BCUT2D eigenvalue weighted by Crippen LogP contribution is -2.15. The SMILES string of the molecule is COc1ccc(OCc2ccc(C(=O)O/N=C(\N)c3ccc(Cl)cc3Cl)o2)cc1. The minimum atomic E-state index is -0.811. The highest BCUT2D eigenvalue weighted by Crippen LogP contribution is 2.21. The molecule has 0 aliphatic carbocycles. The van der Waals surface area contributed by atoms with E-state index < -0.39 is 5.97 Å². The van der Waals surface area contributed by atoms with Gasteiger partial charge in [-0.2, -0.15) is 0 Å². The molecule has 9 heteroatoms. The lowest BCUT2D eigenvalue weighted by atomic mass is 10.2. The molecule has 0 saturated heterocycles. The van der Waals surface area contributed by atoms with E-state index in [2.05, 4.69) is 5.16 Å². The quantitative estimate of drug-likeness (QED) is 0.251. The number of amidine groups is 1. The molecular formula is C20H16Cl2N2O5. The first-order valence-electron chi connectivity index (χ1n) is 8.32. The molecule has 0 aliphatic rings. The molecule has 2 aromatic carbocycles. The molecule has 0 spiro atoms. The monoisotopic (exact) mass is 434 g/mol. The molecule has 29 heavy (non-hydrogen) atoms. The molecule has 3 rings (SSSR count). The summed E-state index contributed by atoms with van der Waals surface area (Å²) in [5.74, 6) is 0.856. The number of oxime groups is 1. The van der Waals surface area contributed by atoms with Gasteiger partial charge in [-0.3, -0.25) is 0 Å². The topological polar surface area (TPSA) is 96.3 Å². The minimum absolute atomic E-state index is 0.0444. The van der Waals surface area contributed by atoms with Gasteiger partial charge in [0.05, 0.1) is 12.1 Å². The number of hydrogen-bond acceptors (Lipinski definition) is 6. The Balaban J connectivity index is 1.58. The van der Waals surface area contributed by atoms with E-state index in [-0.39, 0.29) is 23.2 Å². The van der Waals surface area contributed by atoms with Gasteiger partial charge in [-0.05, 0) is 54.6 Å². The summed E-state index contributed by atoms with van der Waals surface area (Å²) >= 11 is 11.9. The predicted molar refractivity (Wildman–Crippen MR) is 109 cm³/mol. The van der Waals surface area contributed by atoms with Crippen LogP contribution in [0.1, 0.15) is 21.9 Å². The largest absolute Gasteiger partial charge is 0.497 e. The lowest BCUT2D eigenvalue weighted by Gasteiger charge is -2.05. The first-order valence-corrected chi connectivity index (χ1v) is 9.07. The summed E-state index contributed by atoms with van der Waals surface area (Å²) in [6.45, 7) is 0.130. The highest BCUT2D eigenvalue weighted by atomic mass is 35.5. The maximum Gasteiger partial charge on any atom is 0.400 e. The van der Waals surface area contributed by atoms with Crippen LogP contribution in [0, 0.1) is 0 Å². The number of benzene rings is 2. The Hall–Kier alpha value is -3.16. The number of furan rings is 1. The van der Waals surface area contributed by atoms with E-state index in [9.17, 15) is 4.79 Å². The molecule has 3 aromatic rings.